The Balaban J connectivity index is -0.000000315. The number of unbranched alkanes of at least 4 members (excludes halogenated alkanes) is 6. The van der Waals surface area contributed by atoms with E-state index in [0.717, 1.165) is 5.92 Å². The van der Waals surface area contributed by atoms with Gasteiger partial charge in [0, 0.05) is 0 Å². The van der Waals surface area contributed by atoms with Crippen LogP contribution in [0.25, 0.3) is 0 Å². The van der Waals surface area contributed by atoms with Gasteiger partial charge in [-0.2, -0.15) is 0 Å². The molecule has 0 amide bonds. The van der Waals surface area contributed by atoms with Crippen molar-refractivity contribution >= 4 is 0 Å². The Hall–Kier alpha value is -0.0800. The number of rotatable bonds is 8. The Bertz CT molecular complexity index is 101. The Morgan fingerprint density at radius 3 is 1.33 bits per heavy atom. The highest BCUT2D eigenvalue weighted by Gasteiger charge is 1.93. The van der Waals surface area contributed by atoms with E-state index in [2.05, 4.69) is 31.4 Å². The molecule has 0 heterocycles. The van der Waals surface area contributed by atoms with Crippen molar-refractivity contribution in [2.24, 2.45) is 5.92 Å². The van der Waals surface area contributed by atoms with Gasteiger partial charge in [0.2, 0.25) is 0 Å². The molecule has 0 aromatic carbocycles. The molecular formula is C16H40N2. The van der Waals surface area contributed by atoms with Crippen molar-refractivity contribution in [1.29, 1.82) is 0 Å². The Morgan fingerprint density at radius 1 is 0.667 bits per heavy atom. The highest BCUT2D eigenvalue weighted by Crippen LogP contribution is 2.11. The summed E-state index contributed by atoms with van der Waals surface area (Å²) in [5.74, 6) is 0.903. The molecule has 2 heteroatoms. The molecule has 0 bridgehead atoms. The molecule has 0 radical (unpaired) electrons. The standard InChI is InChI=1S/C12H26.2C2H7N/c1-4-5-6-7-8-9-10-11-12(2)3;2*1-3-2/h12H,4-11H2,1-3H3;2*3H,1-2H3. The van der Waals surface area contributed by atoms with Gasteiger partial charge in [-0.1, -0.05) is 72.1 Å². The van der Waals surface area contributed by atoms with Gasteiger partial charge in [0.15, 0.2) is 0 Å². The van der Waals surface area contributed by atoms with Gasteiger partial charge in [-0.25, -0.2) is 0 Å². The average Bonchev–Trinajstić information content (AvgIpc) is 2.29. The summed E-state index contributed by atoms with van der Waals surface area (Å²) in [6.45, 7) is 6.91. The highest BCUT2D eigenvalue weighted by atomic mass is 14.7. The van der Waals surface area contributed by atoms with Crippen molar-refractivity contribution < 1.29 is 0 Å². The van der Waals surface area contributed by atoms with E-state index in [-0.39, 0.29) is 0 Å². The lowest BCUT2D eigenvalue weighted by molar-refractivity contribution is 0.511. The lowest BCUT2D eigenvalue weighted by atomic mass is 10.0. The van der Waals surface area contributed by atoms with Gasteiger partial charge in [0.05, 0.1) is 0 Å². The van der Waals surface area contributed by atoms with Crippen molar-refractivity contribution in [1.82, 2.24) is 10.6 Å². The first kappa shape index (κ1) is 23.0. The summed E-state index contributed by atoms with van der Waals surface area (Å²) in [6.07, 6.45) is 11.5. The number of hydrogen-bond donors (Lipinski definition) is 2. The van der Waals surface area contributed by atoms with Crippen LogP contribution in [0.4, 0.5) is 0 Å². The summed E-state index contributed by atoms with van der Waals surface area (Å²) in [4.78, 5) is 0. The minimum Gasteiger partial charge on any atom is -0.323 e. The van der Waals surface area contributed by atoms with Crippen molar-refractivity contribution in [3.8, 4) is 0 Å². The lowest BCUT2D eigenvalue weighted by Crippen LogP contribution is -1.89. The summed E-state index contributed by atoms with van der Waals surface area (Å²) in [5, 5.41) is 5.50. The molecular weight excluding hydrogens is 220 g/mol. The first-order chi connectivity index (χ1) is 8.60. The molecule has 0 aliphatic carbocycles. The van der Waals surface area contributed by atoms with Crippen molar-refractivity contribution in [2.45, 2.75) is 72.1 Å². The van der Waals surface area contributed by atoms with Gasteiger partial charge in [0.25, 0.3) is 0 Å². The molecule has 0 fully saturated rings. The van der Waals surface area contributed by atoms with Gasteiger partial charge in [0.1, 0.15) is 0 Å². The van der Waals surface area contributed by atoms with E-state index in [1.165, 1.54) is 51.4 Å². The predicted octanol–water partition coefficient (Wildman–Crippen LogP) is 4.45. The second-order valence-electron chi connectivity index (χ2n) is 5.30. The van der Waals surface area contributed by atoms with Crippen LogP contribution < -0.4 is 10.6 Å². The van der Waals surface area contributed by atoms with Crippen LogP contribution in [-0.2, 0) is 0 Å². The second kappa shape index (κ2) is 25.7. The molecule has 0 saturated heterocycles. The van der Waals surface area contributed by atoms with Crippen molar-refractivity contribution in [3.63, 3.8) is 0 Å². The maximum absolute atomic E-state index is 2.75. The third kappa shape index (κ3) is 44.5. The summed E-state index contributed by atoms with van der Waals surface area (Å²) in [5.41, 5.74) is 0. The third-order valence-electron chi connectivity index (χ3n) is 2.39. The van der Waals surface area contributed by atoms with Crippen LogP contribution in [-0.4, -0.2) is 28.2 Å². The maximum atomic E-state index is 2.75. The van der Waals surface area contributed by atoms with E-state index in [9.17, 15) is 0 Å². The molecule has 18 heavy (non-hydrogen) atoms. The van der Waals surface area contributed by atoms with E-state index in [1.807, 2.05) is 28.2 Å². The Kier molecular flexibility index (Phi) is 32.9. The van der Waals surface area contributed by atoms with E-state index in [0.29, 0.717) is 0 Å². The normalized spacial score (nSPS) is 9.33. The predicted molar refractivity (Wildman–Crippen MR) is 87.4 cm³/mol. The molecule has 0 unspecified atom stereocenters. The smallest absolute Gasteiger partial charge is 0.0167 e. The van der Waals surface area contributed by atoms with Crippen molar-refractivity contribution in [3.05, 3.63) is 0 Å². The van der Waals surface area contributed by atoms with E-state index in [4.69, 9.17) is 0 Å². The maximum Gasteiger partial charge on any atom is -0.0167 e. The molecule has 0 aliphatic rings. The van der Waals surface area contributed by atoms with Crippen molar-refractivity contribution in [2.75, 3.05) is 28.2 Å². The quantitative estimate of drug-likeness (QED) is 0.630. The molecule has 0 saturated carbocycles. The average molecular weight is 261 g/mol. The van der Waals surface area contributed by atoms with E-state index >= 15 is 0 Å². The van der Waals surface area contributed by atoms with Crippen LogP contribution in [0.15, 0.2) is 0 Å². The summed E-state index contributed by atoms with van der Waals surface area (Å²) in [7, 11) is 7.50. The molecule has 2 N–H and O–H groups in total. The van der Waals surface area contributed by atoms with E-state index in [1.54, 1.807) is 0 Å². The summed E-state index contributed by atoms with van der Waals surface area (Å²) in [6, 6.07) is 0. The number of nitrogens with one attached hydrogen (secondary N) is 2. The third-order valence-corrected chi connectivity index (χ3v) is 2.39. The van der Waals surface area contributed by atoms with Gasteiger partial charge < -0.3 is 10.6 Å². The van der Waals surface area contributed by atoms with Crippen LogP contribution in [0.5, 0.6) is 0 Å². The molecule has 0 aliphatic heterocycles. The Morgan fingerprint density at radius 2 is 1.00 bits per heavy atom. The van der Waals surface area contributed by atoms with Gasteiger partial charge in [-0.15, -0.1) is 0 Å². The first-order valence-corrected chi connectivity index (χ1v) is 7.77. The van der Waals surface area contributed by atoms with Crippen LogP contribution >= 0.6 is 0 Å². The highest BCUT2D eigenvalue weighted by molar-refractivity contribution is 4.48. The van der Waals surface area contributed by atoms with E-state index < -0.39 is 0 Å². The van der Waals surface area contributed by atoms with Crippen LogP contribution in [0.2, 0.25) is 0 Å². The molecule has 114 valence electrons. The monoisotopic (exact) mass is 260 g/mol. The fraction of sp³-hybridized carbons (Fsp3) is 1.00. The molecule has 0 atom stereocenters. The molecule has 2 nitrogen and oxygen atoms in total. The van der Waals surface area contributed by atoms with Gasteiger partial charge >= 0.3 is 0 Å². The number of hydrogen-bond acceptors (Lipinski definition) is 2. The fourth-order valence-electron chi connectivity index (χ4n) is 1.51. The minimum absolute atomic E-state index is 0.903. The molecule has 0 rings (SSSR count). The zero-order valence-electron chi connectivity index (χ0n) is 14.2. The summed E-state index contributed by atoms with van der Waals surface area (Å²) < 4.78 is 0. The van der Waals surface area contributed by atoms with Crippen LogP contribution in [0.1, 0.15) is 72.1 Å². The minimum atomic E-state index is 0.903. The zero-order valence-corrected chi connectivity index (χ0v) is 14.2. The molecule has 0 spiro atoms. The first-order valence-electron chi connectivity index (χ1n) is 7.77. The fourth-order valence-corrected chi connectivity index (χ4v) is 1.51. The van der Waals surface area contributed by atoms with Crippen LogP contribution in [0, 0.1) is 5.92 Å². The lowest BCUT2D eigenvalue weighted by Gasteiger charge is -2.03. The second-order valence-corrected chi connectivity index (χ2v) is 5.30. The van der Waals surface area contributed by atoms with Crippen LogP contribution in [0.3, 0.4) is 0 Å². The summed E-state index contributed by atoms with van der Waals surface area (Å²) >= 11 is 0. The molecule has 0 aromatic rings. The largest absolute Gasteiger partial charge is 0.323 e. The molecule has 0 aromatic heterocycles. The van der Waals surface area contributed by atoms with Gasteiger partial charge in [-0.3, -0.25) is 0 Å². The van der Waals surface area contributed by atoms with Gasteiger partial charge in [-0.05, 0) is 34.1 Å². The zero-order chi connectivity index (χ0) is 14.6. The Labute approximate surface area is 117 Å². The SMILES string of the molecule is CCCCCCCCCC(C)C.CNC.CNC. The topological polar surface area (TPSA) is 24.1 Å².